The number of nitrogens with two attached hydrogens (primary N) is 1. The Bertz CT molecular complexity index is 465. The quantitative estimate of drug-likeness (QED) is 0.428. The van der Waals surface area contributed by atoms with Crippen LogP contribution in [0.15, 0.2) is 12.1 Å². The van der Waals surface area contributed by atoms with E-state index in [-0.39, 0.29) is 19.1 Å². The van der Waals surface area contributed by atoms with Crippen molar-refractivity contribution < 1.29 is 19.4 Å². The summed E-state index contributed by atoms with van der Waals surface area (Å²) in [6.07, 6.45) is 0. The number of aliphatic hydroxyl groups excluding tert-OH is 1. The Balaban J connectivity index is 1.97. The van der Waals surface area contributed by atoms with E-state index in [0.717, 1.165) is 0 Å². The number of ether oxygens (including phenoxy) is 2. The Labute approximate surface area is 110 Å². The van der Waals surface area contributed by atoms with Crippen LogP contribution in [0.1, 0.15) is 0 Å². The van der Waals surface area contributed by atoms with Gasteiger partial charge in [0.25, 0.3) is 5.91 Å². The first-order chi connectivity index (χ1) is 9.20. The zero-order valence-electron chi connectivity index (χ0n) is 10.4. The maximum absolute atomic E-state index is 11.2. The molecule has 0 aliphatic carbocycles. The molecule has 5 N–H and O–H groups in total. The molecular weight excluding hydrogens is 250 g/mol. The van der Waals surface area contributed by atoms with Gasteiger partial charge in [-0.3, -0.25) is 4.79 Å². The lowest BCUT2D eigenvalue weighted by Crippen LogP contribution is -2.25. The van der Waals surface area contributed by atoms with E-state index in [2.05, 4.69) is 10.6 Å². The minimum absolute atomic E-state index is 0.00432. The number of carbonyl (C=O) groups excluding carboxylic acids is 1. The molecule has 19 heavy (non-hydrogen) atoms. The van der Waals surface area contributed by atoms with Gasteiger partial charge in [0.05, 0.1) is 36.9 Å². The highest BCUT2D eigenvalue weighted by Crippen LogP contribution is 2.34. The summed E-state index contributed by atoms with van der Waals surface area (Å²) >= 11 is 0. The minimum Gasteiger partial charge on any atom is -0.482 e. The van der Waals surface area contributed by atoms with Crippen LogP contribution in [0.4, 0.5) is 17.1 Å². The molecule has 0 saturated carbocycles. The van der Waals surface area contributed by atoms with Crippen LogP contribution in [-0.2, 0) is 9.53 Å². The summed E-state index contributed by atoms with van der Waals surface area (Å²) in [7, 11) is 0. The number of amides is 1. The van der Waals surface area contributed by atoms with Crippen molar-refractivity contribution in [2.75, 3.05) is 49.3 Å². The normalized spacial score (nSPS) is 13.4. The average Bonchev–Trinajstić information content (AvgIpc) is 2.39. The topological polar surface area (TPSA) is 106 Å². The molecule has 0 atom stereocenters. The van der Waals surface area contributed by atoms with Crippen molar-refractivity contribution >= 4 is 23.0 Å². The number of nitrogens with one attached hydrogen (secondary N) is 2. The predicted molar refractivity (Wildman–Crippen MR) is 71.4 cm³/mol. The first-order valence-corrected chi connectivity index (χ1v) is 5.99. The zero-order valence-corrected chi connectivity index (χ0v) is 10.4. The Morgan fingerprint density at radius 2 is 2.32 bits per heavy atom. The molecule has 1 aromatic rings. The van der Waals surface area contributed by atoms with Crippen LogP contribution < -0.4 is 21.1 Å². The molecule has 1 aliphatic heterocycles. The second-order valence-electron chi connectivity index (χ2n) is 4.04. The average molecular weight is 267 g/mol. The minimum atomic E-state index is -0.186. The highest BCUT2D eigenvalue weighted by molar-refractivity contribution is 5.97. The van der Waals surface area contributed by atoms with Gasteiger partial charge in [-0.15, -0.1) is 0 Å². The van der Waals surface area contributed by atoms with Crippen LogP contribution in [-0.4, -0.2) is 44.0 Å². The summed E-state index contributed by atoms with van der Waals surface area (Å²) in [5.41, 5.74) is 7.73. The van der Waals surface area contributed by atoms with Gasteiger partial charge >= 0.3 is 0 Å². The number of nitrogen functional groups attached to an aromatic ring is 1. The molecule has 7 heteroatoms. The third-order valence-electron chi connectivity index (χ3n) is 2.58. The van der Waals surface area contributed by atoms with Crippen LogP contribution in [0.2, 0.25) is 0 Å². The maximum atomic E-state index is 11.2. The molecule has 7 nitrogen and oxygen atoms in total. The van der Waals surface area contributed by atoms with Crippen LogP contribution in [0.3, 0.4) is 0 Å². The summed E-state index contributed by atoms with van der Waals surface area (Å²) in [4.78, 5) is 11.2. The fraction of sp³-hybridized carbons (Fsp3) is 0.417. The Hall–Kier alpha value is -1.99. The SMILES string of the molecule is Nc1cc2c(cc1NCCOCCO)NC(=O)CO2. The molecule has 0 fully saturated rings. The monoisotopic (exact) mass is 267 g/mol. The summed E-state index contributed by atoms with van der Waals surface area (Å²) in [6, 6.07) is 3.40. The molecular formula is C12H17N3O4. The lowest BCUT2D eigenvalue weighted by atomic mass is 10.2. The van der Waals surface area contributed by atoms with Crippen molar-refractivity contribution in [3.63, 3.8) is 0 Å². The first kappa shape index (κ1) is 13.4. The first-order valence-electron chi connectivity index (χ1n) is 5.99. The standard InChI is InChI=1S/C12H17N3O4/c13-8-5-11-10(15-12(17)7-19-11)6-9(8)14-1-3-18-4-2-16/h5-6,14,16H,1-4,7,13H2,(H,15,17). The van der Waals surface area contributed by atoms with Crippen molar-refractivity contribution in [3.05, 3.63) is 12.1 Å². The zero-order chi connectivity index (χ0) is 13.7. The summed E-state index contributed by atoms with van der Waals surface area (Å²) in [5, 5.41) is 14.4. The molecule has 104 valence electrons. The maximum Gasteiger partial charge on any atom is 0.262 e. The highest BCUT2D eigenvalue weighted by atomic mass is 16.5. The van der Waals surface area contributed by atoms with E-state index >= 15 is 0 Å². The van der Waals surface area contributed by atoms with Gasteiger partial charge < -0.3 is 30.9 Å². The van der Waals surface area contributed by atoms with Gasteiger partial charge in [0.15, 0.2) is 6.61 Å². The lowest BCUT2D eigenvalue weighted by Gasteiger charge is -2.20. The van der Waals surface area contributed by atoms with Gasteiger partial charge in [-0.25, -0.2) is 0 Å². The van der Waals surface area contributed by atoms with Gasteiger partial charge in [-0.05, 0) is 6.07 Å². The van der Waals surface area contributed by atoms with E-state index in [4.69, 9.17) is 20.3 Å². The number of aliphatic hydroxyl groups is 1. The van der Waals surface area contributed by atoms with Crippen molar-refractivity contribution in [1.82, 2.24) is 0 Å². The molecule has 1 amide bonds. The highest BCUT2D eigenvalue weighted by Gasteiger charge is 2.17. The van der Waals surface area contributed by atoms with Crippen LogP contribution in [0.5, 0.6) is 5.75 Å². The Morgan fingerprint density at radius 3 is 3.11 bits per heavy atom. The van der Waals surface area contributed by atoms with E-state index in [9.17, 15) is 4.79 Å². The molecule has 0 unspecified atom stereocenters. The third-order valence-corrected chi connectivity index (χ3v) is 2.58. The molecule has 1 heterocycles. The largest absolute Gasteiger partial charge is 0.482 e. The summed E-state index contributed by atoms with van der Waals surface area (Å²) < 4.78 is 10.4. The van der Waals surface area contributed by atoms with Crippen molar-refractivity contribution in [2.45, 2.75) is 0 Å². The van der Waals surface area contributed by atoms with Gasteiger partial charge in [-0.2, -0.15) is 0 Å². The summed E-state index contributed by atoms with van der Waals surface area (Å²) in [5.74, 6) is 0.383. The fourth-order valence-corrected chi connectivity index (χ4v) is 1.72. The fourth-order valence-electron chi connectivity index (χ4n) is 1.72. The van der Waals surface area contributed by atoms with Crippen LogP contribution in [0.25, 0.3) is 0 Å². The number of carbonyl (C=O) groups is 1. The van der Waals surface area contributed by atoms with Crippen molar-refractivity contribution in [1.29, 1.82) is 0 Å². The van der Waals surface area contributed by atoms with E-state index in [0.29, 0.717) is 42.6 Å². The summed E-state index contributed by atoms with van der Waals surface area (Å²) in [6.45, 7) is 1.33. The van der Waals surface area contributed by atoms with Crippen molar-refractivity contribution in [3.8, 4) is 5.75 Å². The third kappa shape index (κ3) is 3.49. The molecule has 0 spiro atoms. The molecule has 0 radical (unpaired) electrons. The Morgan fingerprint density at radius 1 is 1.47 bits per heavy atom. The van der Waals surface area contributed by atoms with Gasteiger partial charge in [0.1, 0.15) is 5.75 Å². The number of fused-ring (bicyclic) bond motifs is 1. The number of benzene rings is 1. The Kier molecular flexibility index (Phi) is 4.43. The van der Waals surface area contributed by atoms with E-state index in [1.807, 2.05) is 0 Å². The second-order valence-corrected chi connectivity index (χ2v) is 4.04. The smallest absolute Gasteiger partial charge is 0.262 e. The molecule has 0 saturated heterocycles. The number of hydrogen-bond donors (Lipinski definition) is 4. The molecule has 0 bridgehead atoms. The van der Waals surface area contributed by atoms with Crippen LogP contribution >= 0.6 is 0 Å². The van der Waals surface area contributed by atoms with Gasteiger partial charge in [0, 0.05) is 12.6 Å². The van der Waals surface area contributed by atoms with Crippen LogP contribution in [0, 0.1) is 0 Å². The van der Waals surface area contributed by atoms with Crippen molar-refractivity contribution in [2.24, 2.45) is 0 Å². The number of anilines is 3. The molecule has 2 rings (SSSR count). The lowest BCUT2D eigenvalue weighted by molar-refractivity contribution is -0.118. The molecule has 0 aromatic heterocycles. The van der Waals surface area contributed by atoms with E-state index in [1.54, 1.807) is 12.1 Å². The van der Waals surface area contributed by atoms with E-state index < -0.39 is 0 Å². The number of rotatable bonds is 6. The van der Waals surface area contributed by atoms with E-state index in [1.165, 1.54) is 0 Å². The molecule has 1 aromatic carbocycles. The predicted octanol–water partition coefficient (Wildman–Crippen LogP) is 0.0205. The van der Waals surface area contributed by atoms with Gasteiger partial charge in [0.2, 0.25) is 0 Å². The van der Waals surface area contributed by atoms with Gasteiger partial charge in [-0.1, -0.05) is 0 Å². The molecule has 1 aliphatic rings. The second kappa shape index (κ2) is 6.26. The number of hydrogen-bond acceptors (Lipinski definition) is 6.